The van der Waals surface area contributed by atoms with E-state index in [0.29, 0.717) is 48.2 Å². The maximum Gasteiger partial charge on any atom is 0.251 e. The second-order valence-corrected chi connectivity index (χ2v) is 7.26. The highest BCUT2D eigenvalue weighted by Crippen LogP contribution is 2.27. The summed E-state index contributed by atoms with van der Waals surface area (Å²) >= 11 is 0. The Morgan fingerprint density at radius 1 is 0.688 bits per heavy atom. The highest BCUT2D eigenvalue weighted by molar-refractivity contribution is 6.06. The van der Waals surface area contributed by atoms with E-state index in [4.69, 9.17) is 0 Å². The average molecular weight is 428 g/mol. The minimum absolute atomic E-state index is 0.186. The van der Waals surface area contributed by atoms with Gasteiger partial charge in [0.15, 0.2) is 0 Å². The zero-order chi connectivity index (χ0) is 22.2. The third-order valence-corrected chi connectivity index (χ3v) is 5.10. The van der Waals surface area contributed by atoms with E-state index >= 15 is 0 Å². The van der Waals surface area contributed by atoms with E-state index in [9.17, 15) is 9.59 Å². The minimum Gasteiger partial charge on any atom is -0.352 e. The monoisotopic (exact) mass is 428 g/mol. The number of nitrogens with one attached hydrogen (secondary N) is 4. The first-order chi connectivity index (χ1) is 15.7. The molecule has 2 aromatic carbocycles. The van der Waals surface area contributed by atoms with Gasteiger partial charge in [-0.15, -0.1) is 0 Å². The highest BCUT2D eigenvalue weighted by Gasteiger charge is 2.17. The Morgan fingerprint density at radius 2 is 1.12 bits per heavy atom. The molecule has 0 unspecified atom stereocenters. The number of imidazole rings is 2. The van der Waals surface area contributed by atoms with Crippen molar-refractivity contribution in [1.82, 2.24) is 30.6 Å². The lowest BCUT2D eigenvalue weighted by atomic mass is 9.94. The van der Waals surface area contributed by atoms with Gasteiger partial charge in [0.25, 0.3) is 11.8 Å². The van der Waals surface area contributed by atoms with Gasteiger partial charge in [0, 0.05) is 60.8 Å². The number of H-pyrrole nitrogens is 2. The topological polar surface area (TPSA) is 116 Å². The molecule has 8 nitrogen and oxygen atoms in total. The number of carbonyl (C=O) groups is 2. The molecule has 2 heterocycles. The summed E-state index contributed by atoms with van der Waals surface area (Å²) in [5, 5.41) is 5.90. The van der Waals surface area contributed by atoms with E-state index in [1.807, 2.05) is 36.4 Å². The van der Waals surface area contributed by atoms with Gasteiger partial charge in [0.2, 0.25) is 0 Å². The molecule has 2 aromatic heterocycles. The first-order valence-corrected chi connectivity index (χ1v) is 10.4. The lowest BCUT2D eigenvalue weighted by Crippen LogP contribution is -2.27. The van der Waals surface area contributed by atoms with Crippen LogP contribution in [-0.4, -0.2) is 44.8 Å². The van der Waals surface area contributed by atoms with Crippen molar-refractivity contribution in [2.24, 2.45) is 0 Å². The molecule has 0 atom stereocenters. The number of nitrogens with zero attached hydrogens (tertiary/aromatic N) is 2. The van der Waals surface area contributed by atoms with Crippen molar-refractivity contribution < 1.29 is 9.59 Å². The molecule has 0 aliphatic carbocycles. The maximum atomic E-state index is 12.9. The van der Waals surface area contributed by atoms with Crippen LogP contribution in [0.4, 0.5) is 0 Å². The van der Waals surface area contributed by atoms with E-state index < -0.39 is 0 Å². The van der Waals surface area contributed by atoms with E-state index in [-0.39, 0.29) is 11.8 Å². The van der Waals surface area contributed by atoms with E-state index in [0.717, 1.165) is 11.4 Å². The van der Waals surface area contributed by atoms with Crippen LogP contribution in [0.25, 0.3) is 11.1 Å². The van der Waals surface area contributed by atoms with E-state index in [2.05, 4.69) is 30.6 Å². The highest BCUT2D eigenvalue weighted by atomic mass is 16.2. The van der Waals surface area contributed by atoms with E-state index in [1.165, 1.54) is 0 Å². The van der Waals surface area contributed by atoms with Gasteiger partial charge in [0.05, 0.1) is 12.7 Å². The van der Waals surface area contributed by atoms with Crippen LogP contribution < -0.4 is 10.6 Å². The molecule has 4 N–H and O–H groups in total. The molecule has 0 radical (unpaired) electrons. The maximum absolute atomic E-state index is 12.9. The van der Waals surface area contributed by atoms with Gasteiger partial charge in [0.1, 0.15) is 0 Å². The zero-order valence-corrected chi connectivity index (χ0v) is 17.5. The zero-order valence-electron chi connectivity index (χ0n) is 17.5. The summed E-state index contributed by atoms with van der Waals surface area (Å²) in [7, 11) is 0. The second-order valence-electron chi connectivity index (χ2n) is 7.26. The lowest BCUT2D eigenvalue weighted by molar-refractivity contribution is 0.0944. The number of hydrogen-bond donors (Lipinski definition) is 4. The first kappa shape index (κ1) is 21.0. The Bertz CT molecular complexity index is 1080. The standard InChI is InChI=1S/C24H24N6O2/c31-23(27-11-9-17-13-25-15-29-17)21-7-3-1-5-19(21)20-6-2-4-8-22(20)24(32)28-12-10-18-14-26-16-30-18/h1-8,13-16H,9-12H2,(H,25,29)(H,26,30)(H,27,31)(H,28,32). The minimum atomic E-state index is -0.186. The average Bonchev–Trinajstić information content (AvgIpc) is 3.53. The predicted molar refractivity (Wildman–Crippen MR) is 121 cm³/mol. The Kier molecular flexibility index (Phi) is 6.72. The molecular weight excluding hydrogens is 404 g/mol. The molecule has 8 heteroatoms. The van der Waals surface area contributed by atoms with Gasteiger partial charge in [-0.05, 0) is 23.3 Å². The molecule has 162 valence electrons. The van der Waals surface area contributed by atoms with Gasteiger partial charge in [-0.2, -0.15) is 0 Å². The van der Waals surface area contributed by atoms with Crippen molar-refractivity contribution >= 4 is 11.8 Å². The van der Waals surface area contributed by atoms with Crippen LogP contribution in [0.3, 0.4) is 0 Å². The van der Waals surface area contributed by atoms with Crippen molar-refractivity contribution in [1.29, 1.82) is 0 Å². The Balaban J connectivity index is 1.48. The quantitative estimate of drug-likeness (QED) is 0.328. The number of benzene rings is 2. The summed E-state index contributed by atoms with van der Waals surface area (Å²) in [6, 6.07) is 14.6. The molecule has 0 bridgehead atoms. The fourth-order valence-electron chi connectivity index (χ4n) is 3.49. The third-order valence-electron chi connectivity index (χ3n) is 5.10. The third kappa shape index (κ3) is 5.10. The van der Waals surface area contributed by atoms with Crippen LogP contribution in [0.15, 0.2) is 73.6 Å². The molecule has 0 spiro atoms. The molecule has 0 saturated carbocycles. The Labute approximate surface area is 185 Å². The van der Waals surface area contributed by atoms with Crippen LogP contribution in [-0.2, 0) is 12.8 Å². The van der Waals surface area contributed by atoms with Gasteiger partial charge < -0.3 is 20.6 Å². The molecular formula is C24H24N6O2. The van der Waals surface area contributed by atoms with Crippen LogP contribution in [0.5, 0.6) is 0 Å². The predicted octanol–water partition coefficient (Wildman–Crippen LogP) is 2.74. The van der Waals surface area contributed by atoms with Gasteiger partial charge >= 0.3 is 0 Å². The molecule has 2 amide bonds. The number of rotatable bonds is 9. The van der Waals surface area contributed by atoms with Gasteiger partial charge in [-0.3, -0.25) is 9.59 Å². The number of aromatic nitrogens is 4. The summed E-state index contributed by atoms with van der Waals surface area (Å²) < 4.78 is 0. The summed E-state index contributed by atoms with van der Waals surface area (Å²) in [4.78, 5) is 39.8. The molecule has 4 aromatic rings. The SMILES string of the molecule is O=C(NCCc1cnc[nH]1)c1ccccc1-c1ccccc1C(=O)NCCc1cnc[nH]1. The molecule has 0 fully saturated rings. The molecule has 0 saturated heterocycles. The first-order valence-electron chi connectivity index (χ1n) is 10.4. The fourth-order valence-corrected chi connectivity index (χ4v) is 3.49. The van der Waals surface area contributed by atoms with Crippen molar-refractivity contribution in [2.45, 2.75) is 12.8 Å². The summed E-state index contributed by atoms with van der Waals surface area (Å²) in [6.45, 7) is 0.955. The number of amides is 2. The largest absolute Gasteiger partial charge is 0.352 e. The van der Waals surface area contributed by atoms with Crippen molar-refractivity contribution in [3.05, 3.63) is 96.1 Å². The molecule has 0 aliphatic heterocycles. The summed E-state index contributed by atoms with van der Waals surface area (Å²) in [5.41, 5.74) is 4.38. The normalized spacial score (nSPS) is 10.6. The summed E-state index contributed by atoms with van der Waals surface area (Å²) in [6.07, 6.45) is 8.02. The molecule has 32 heavy (non-hydrogen) atoms. The summed E-state index contributed by atoms with van der Waals surface area (Å²) in [5.74, 6) is -0.371. The van der Waals surface area contributed by atoms with Crippen LogP contribution >= 0.6 is 0 Å². The Hall–Kier alpha value is -4.20. The van der Waals surface area contributed by atoms with Crippen LogP contribution in [0.1, 0.15) is 32.1 Å². The van der Waals surface area contributed by atoms with Crippen LogP contribution in [0, 0.1) is 0 Å². The van der Waals surface area contributed by atoms with Gasteiger partial charge in [-0.25, -0.2) is 9.97 Å². The smallest absolute Gasteiger partial charge is 0.251 e. The number of hydrogen-bond acceptors (Lipinski definition) is 4. The van der Waals surface area contributed by atoms with Crippen LogP contribution in [0.2, 0.25) is 0 Å². The number of aromatic amines is 2. The second kappa shape index (κ2) is 10.2. The lowest BCUT2D eigenvalue weighted by Gasteiger charge is -2.14. The number of carbonyl (C=O) groups excluding carboxylic acids is 2. The van der Waals surface area contributed by atoms with Crippen molar-refractivity contribution in [2.75, 3.05) is 13.1 Å². The fraction of sp³-hybridized carbons (Fsp3) is 0.167. The Morgan fingerprint density at radius 3 is 1.53 bits per heavy atom. The van der Waals surface area contributed by atoms with E-state index in [1.54, 1.807) is 37.2 Å². The van der Waals surface area contributed by atoms with Crippen molar-refractivity contribution in [3.63, 3.8) is 0 Å². The van der Waals surface area contributed by atoms with Crippen molar-refractivity contribution in [3.8, 4) is 11.1 Å². The molecule has 0 aliphatic rings. The van der Waals surface area contributed by atoms with Gasteiger partial charge in [-0.1, -0.05) is 36.4 Å². The molecule has 4 rings (SSSR count).